The molecule has 0 aromatic heterocycles. The Bertz CT molecular complexity index is 603. The maximum Gasteiger partial charge on any atom is 0.253 e. The summed E-state index contributed by atoms with van der Waals surface area (Å²) in [5, 5.41) is 16.5. The van der Waals surface area contributed by atoms with E-state index in [4.69, 9.17) is 11.6 Å². The summed E-state index contributed by atoms with van der Waals surface area (Å²) in [5.74, 6) is -3.67. The minimum absolute atomic E-state index is 0.00501. The first-order valence-electron chi connectivity index (χ1n) is 8.87. The van der Waals surface area contributed by atoms with E-state index < -0.39 is 17.8 Å². The van der Waals surface area contributed by atoms with Gasteiger partial charge in [0.05, 0.1) is 6.04 Å². The molecule has 2 fully saturated rings. The van der Waals surface area contributed by atoms with Crippen LogP contribution >= 0.6 is 20.8 Å². The average Bonchev–Trinajstić information content (AvgIpc) is 2.75. The van der Waals surface area contributed by atoms with Crippen LogP contribution in [-0.2, 0) is 0 Å². The number of alkyl halides is 2. The molecule has 7 heteroatoms. The number of nitrogens with one attached hydrogen (secondary N) is 1. The Morgan fingerprint density at radius 2 is 2.00 bits per heavy atom. The summed E-state index contributed by atoms with van der Waals surface area (Å²) in [6.07, 6.45) is 2.08. The molecule has 1 aromatic rings. The minimum atomic E-state index is -2.55. The van der Waals surface area contributed by atoms with E-state index in [1.807, 2.05) is 25.2 Å². The van der Waals surface area contributed by atoms with Crippen LogP contribution in [0.25, 0.3) is 0 Å². The van der Waals surface area contributed by atoms with E-state index >= 15 is 0 Å². The van der Waals surface area contributed by atoms with E-state index in [1.54, 1.807) is 0 Å². The molecule has 140 valence electrons. The minimum Gasteiger partial charge on any atom is -0.318 e. The Morgan fingerprint density at radius 3 is 2.56 bits per heavy atom. The van der Waals surface area contributed by atoms with Crippen LogP contribution in [-0.4, -0.2) is 36.3 Å². The average molecular weight is 391 g/mol. The van der Waals surface area contributed by atoms with Crippen molar-refractivity contribution in [3.63, 3.8) is 0 Å². The number of likely N-dealkylation sites (N-methyl/N-ethyl adjacent to an activating group) is 1. The van der Waals surface area contributed by atoms with Crippen LogP contribution in [0.3, 0.4) is 0 Å². The molecule has 2 aliphatic rings. The van der Waals surface area contributed by atoms with Crippen molar-refractivity contribution in [1.29, 1.82) is 0 Å². The van der Waals surface area contributed by atoms with Crippen LogP contribution in [0.4, 0.5) is 8.78 Å². The van der Waals surface area contributed by atoms with Crippen molar-refractivity contribution in [1.82, 2.24) is 10.4 Å². The number of benzene rings is 1. The van der Waals surface area contributed by atoms with E-state index in [-0.39, 0.29) is 12.0 Å². The Hall–Kier alpha value is -0.320. The first-order chi connectivity index (χ1) is 11.8. The Morgan fingerprint density at radius 1 is 1.36 bits per heavy atom. The number of fused-ring (bicyclic) bond motifs is 2. The third kappa shape index (κ3) is 3.86. The first kappa shape index (κ1) is 19.4. The molecular weight excluding hydrogens is 365 g/mol. The van der Waals surface area contributed by atoms with Gasteiger partial charge in [-0.25, -0.2) is 8.78 Å². The summed E-state index contributed by atoms with van der Waals surface area (Å²) in [6.45, 7) is 1.06. The quantitative estimate of drug-likeness (QED) is 0.572. The summed E-state index contributed by atoms with van der Waals surface area (Å²) < 4.78 is 28.6. The van der Waals surface area contributed by atoms with Gasteiger partial charge < -0.3 is 10.5 Å². The smallest absolute Gasteiger partial charge is 0.253 e. The maximum absolute atomic E-state index is 14.3. The molecular formula is C18H26ClF2N2OP. The second-order valence-corrected chi connectivity index (χ2v) is 8.40. The number of nitrogens with zero attached hydrogens (tertiary/aromatic N) is 1. The molecule has 0 radical (unpaired) electrons. The van der Waals surface area contributed by atoms with Gasteiger partial charge in [0.25, 0.3) is 5.92 Å². The lowest BCUT2D eigenvalue weighted by atomic mass is 9.73. The Labute approximate surface area is 155 Å². The molecule has 1 aromatic carbocycles. The van der Waals surface area contributed by atoms with E-state index in [1.165, 1.54) is 5.06 Å². The lowest BCUT2D eigenvalue weighted by molar-refractivity contribution is -0.170. The van der Waals surface area contributed by atoms with Crippen LogP contribution in [0.1, 0.15) is 37.3 Å². The second-order valence-electron chi connectivity index (χ2n) is 7.37. The number of rotatable bonds is 6. The van der Waals surface area contributed by atoms with Gasteiger partial charge in [0.15, 0.2) is 0 Å². The normalized spacial score (nSPS) is 29.2. The van der Waals surface area contributed by atoms with Crippen molar-refractivity contribution in [3.05, 3.63) is 28.8 Å². The van der Waals surface area contributed by atoms with Gasteiger partial charge in [-0.15, -0.1) is 9.24 Å². The van der Waals surface area contributed by atoms with Gasteiger partial charge in [-0.1, -0.05) is 23.7 Å². The van der Waals surface area contributed by atoms with Gasteiger partial charge in [0.1, 0.15) is 0 Å². The fourth-order valence-corrected chi connectivity index (χ4v) is 4.90. The lowest BCUT2D eigenvalue weighted by Crippen LogP contribution is -2.43. The molecule has 2 bridgehead atoms. The standard InChI is InChI=1S/C18H26ClF2N2OP/c1-22-6-7-23(24)17(11-2-5-16(25)15(19)10-11)12-8-13-3-4-14(9-12)18(13,20)21/h2,5,10,12-14,17,22,24H,3-4,6-9,25H2,1H3. The van der Waals surface area contributed by atoms with Gasteiger partial charge in [0.2, 0.25) is 0 Å². The highest BCUT2D eigenvalue weighted by molar-refractivity contribution is 7.28. The summed E-state index contributed by atoms with van der Waals surface area (Å²) in [6, 6.07) is 5.38. The molecule has 2 aliphatic carbocycles. The van der Waals surface area contributed by atoms with Crippen molar-refractivity contribution in [2.45, 2.75) is 37.6 Å². The predicted octanol–water partition coefficient (Wildman–Crippen LogP) is 3.86. The highest BCUT2D eigenvalue weighted by Gasteiger charge is 2.57. The lowest BCUT2D eigenvalue weighted by Gasteiger charge is -2.41. The van der Waals surface area contributed by atoms with Crippen molar-refractivity contribution in [3.8, 4) is 0 Å². The van der Waals surface area contributed by atoms with Crippen LogP contribution in [0, 0.1) is 17.8 Å². The zero-order valence-electron chi connectivity index (χ0n) is 14.4. The van der Waals surface area contributed by atoms with Gasteiger partial charge in [0, 0.05) is 29.9 Å². The third-order valence-corrected chi connectivity index (χ3v) is 6.87. The van der Waals surface area contributed by atoms with Crippen LogP contribution < -0.4 is 10.6 Å². The number of halogens is 3. The molecule has 4 unspecified atom stereocenters. The summed E-state index contributed by atoms with van der Waals surface area (Å²) in [5.41, 5.74) is 0.893. The number of hydroxylamine groups is 2. The molecule has 0 spiro atoms. The molecule has 3 nitrogen and oxygen atoms in total. The highest BCUT2D eigenvalue weighted by Crippen LogP contribution is 2.57. The fraction of sp³-hybridized carbons (Fsp3) is 0.667. The Kier molecular flexibility index (Phi) is 6.02. The SMILES string of the molecule is CNCCN(O)C(c1ccc(P)c(Cl)c1)C1CC2CCC(C1)C2(F)F. The van der Waals surface area contributed by atoms with E-state index in [9.17, 15) is 14.0 Å². The first-order valence-corrected chi connectivity index (χ1v) is 9.83. The molecule has 0 aliphatic heterocycles. The molecule has 0 heterocycles. The van der Waals surface area contributed by atoms with Gasteiger partial charge in [-0.3, -0.25) is 0 Å². The number of hydrogen-bond acceptors (Lipinski definition) is 3. The summed E-state index contributed by atoms with van der Waals surface area (Å²) in [4.78, 5) is 0. The molecule has 2 saturated carbocycles. The zero-order chi connectivity index (χ0) is 18.2. The van der Waals surface area contributed by atoms with Crippen molar-refractivity contribution < 1.29 is 14.0 Å². The maximum atomic E-state index is 14.3. The van der Waals surface area contributed by atoms with Crippen molar-refractivity contribution >= 4 is 26.1 Å². The van der Waals surface area contributed by atoms with Crippen molar-refractivity contribution in [2.24, 2.45) is 17.8 Å². The zero-order valence-corrected chi connectivity index (χ0v) is 16.3. The van der Waals surface area contributed by atoms with E-state index in [0.717, 1.165) is 10.9 Å². The van der Waals surface area contributed by atoms with Crippen LogP contribution in [0.15, 0.2) is 18.2 Å². The molecule has 0 saturated heterocycles. The van der Waals surface area contributed by atoms with Gasteiger partial charge in [-0.05, 0) is 55.6 Å². The molecule has 2 N–H and O–H groups in total. The molecule has 3 rings (SSSR count). The number of hydrogen-bond donors (Lipinski definition) is 2. The molecule has 4 atom stereocenters. The van der Waals surface area contributed by atoms with E-state index in [2.05, 4.69) is 14.6 Å². The molecule has 0 amide bonds. The predicted molar refractivity (Wildman–Crippen MR) is 99.8 cm³/mol. The third-order valence-electron chi connectivity index (χ3n) is 5.85. The van der Waals surface area contributed by atoms with Crippen molar-refractivity contribution in [2.75, 3.05) is 20.1 Å². The van der Waals surface area contributed by atoms with Gasteiger partial charge >= 0.3 is 0 Å². The van der Waals surface area contributed by atoms with Crippen LogP contribution in [0.5, 0.6) is 0 Å². The van der Waals surface area contributed by atoms with Gasteiger partial charge in [-0.2, -0.15) is 5.06 Å². The fourth-order valence-electron chi connectivity index (χ4n) is 4.54. The molecule has 25 heavy (non-hydrogen) atoms. The summed E-state index contributed by atoms with van der Waals surface area (Å²) in [7, 11) is 4.40. The second kappa shape index (κ2) is 7.74. The highest BCUT2D eigenvalue weighted by atomic mass is 35.5. The summed E-state index contributed by atoms with van der Waals surface area (Å²) >= 11 is 6.27. The largest absolute Gasteiger partial charge is 0.318 e. The van der Waals surface area contributed by atoms with E-state index in [0.29, 0.717) is 43.8 Å². The monoisotopic (exact) mass is 390 g/mol. The topological polar surface area (TPSA) is 35.5 Å². The Balaban J connectivity index is 1.88. The van der Waals surface area contributed by atoms with Crippen LogP contribution in [0.2, 0.25) is 5.02 Å².